The number of nitrogen functional groups attached to an aromatic ring is 1. The van der Waals surface area contributed by atoms with Crippen molar-refractivity contribution in [2.75, 3.05) is 5.73 Å². The molecule has 0 spiro atoms. The fourth-order valence-electron chi connectivity index (χ4n) is 3.68. The first-order chi connectivity index (χ1) is 15.1. The molecule has 152 valence electrons. The van der Waals surface area contributed by atoms with Crippen LogP contribution in [0.25, 0.3) is 39.5 Å². The Morgan fingerprint density at radius 1 is 0.935 bits per heavy atom. The van der Waals surface area contributed by atoms with Gasteiger partial charge in [0.05, 0.1) is 11.3 Å². The van der Waals surface area contributed by atoms with Gasteiger partial charge in [0.1, 0.15) is 17.2 Å². The number of fused-ring (bicyclic) bond motifs is 1. The molecule has 0 saturated carbocycles. The lowest BCUT2D eigenvalue weighted by atomic mass is 10.1. The van der Waals surface area contributed by atoms with E-state index in [1.54, 1.807) is 12.3 Å². The Hall–Kier alpha value is -4.06. The largest absolute Gasteiger partial charge is 0.383 e. The van der Waals surface area contributed by atoms with Crippen LogP contribution in [0.2, 0.25) is 0 Å². The lowest BCUT2D eigenvalue weighted by Gasteiger charge is -2.11. The van der Waals surface area contributed by atoms with Crippen LogP contribution < -0.4 is 5.73 Å². The van der Waals surface area contributed by atoms with Crippen LogP contribution in [-0.4, -0.2) is 19.5 Å². The number of aryl methyl sites for hydroxylation is 1. The Balaban J connectivity index is 1.79. The molecule has 0 bridgehead atoms. The van der Waals surface area contributed by atoms with Crippen molar-refractivity contribution in [1.82, 2.24) is 19.5 Å². The minimum absolute atomic E-state index is 0.299. The number of hydrogen-bond donors (Lipinski definition) is 1. The predicted octanol–water partition coefficient (Wildman–Crippen LogP) is 5.43. The van der Waals surface area contributed by atoms with Crippen LogP contribution in [0.3, 0.4) is 0 Å². The molecule has 3 aromatic heterocycles. The van der Waals surface area contributed by atoms with Gasteiger partial charge in [0, 0.05) is 17.4 Å². The second-order valence-electron chi connectivity index (χ2n) is 7.28. The second kappa shape index (κ2) is 7.65. The van der Waals surface area contributed by atoms with Crippen LogP contribution in [0, 0.1) is 5.82 Å². The van der Waals surface area contributed by atoms with Gasteiger partial charge in [-0.1, -0.05) is 31.2 Å². The van der Waals surface area contributed by atoms with Crippen molar-refractivity contribution in [2.24, 2.45) is 0 Å². The summed E-state index contributed by atoms with van der Waals surface area (Å²) < 4.78 is 15.8. The van der Waals surface area contributed by atoms with Gasteiger partial charge in [-0.2, -0.15) is 0 Å². The monoisotopic (exact) mass is 409 g/mol. The van der Waals surface area contributed by atoms with Gasteiger partial charge in [-0.3, -0.25) is 4.57 Å². The molecule has 31 heavy (non-hydrogen) atoms. The van der Waals surface area contributed by atoms with Gasteiger partial charge < -0.3 is 5.73 Å². The molecule has 0 fully saturated rings. The summed E-state index contributed by atoms with van der Waals surface area (Å²) in [4.78, 5) is 13.9. The number of benzene rings is 2. The van der Waals surface area contributed by atoms with Crippen molar-refractivity contribution in [3.8, 4) is 28.3 Å². The molecule has 3 heterocycles. The fraction of sp³-hybridized carbons (Fsp3) is 0.0800. The zero-order valence-corrected chi connectivity index (χ0v) is 17.0. The third-order valence-corrected chi connectivity index (χ3v) is 5.31. The summed E-state index contributed by atoms with van der Waals surface area (Å²) in [5.74, 6) is 0.759. The van der Waals surface area contributed by atoms with Gasteiger partial charge in [-0.25, -0.2) is 19.3 Å². The van der Waals surface area contributed by atoms with Crippen molar-refractivity contribution < 1.29 is 4.39 Å². The zero-order chi connectivity index (χ0) is 21.4. The Morgan fingerprint density at radius 2 is 1.77 bits per heavy atom. The molecule has 5 nitrogen and oxygen atoms in total. The van der Waals surface area contributed by atoms with Crippen molar-refractivity contribution >= 4 is 17.0 Å². The molecule has 6 heteroatoms. The van der Waals surface area contributed by atoms with Crippen LogP contribution in [0.5, 0.6) is 0 Å². The Kier molecular flexibility index (Phi) is 4.67. The first-order valence-corrected chi connectivity index (χ1v) is 10.1. The van der Waals surface area contributed by atoms with E-state index in [1.807, 2.05) is 47.0 Å². The maximum atomic E-state index is 13.8. The fourth-order valence-corrected chi connectivity index (χ4v) is 3.68. The van der Waals surface area contributed by atoms with Gasteiger partial charge in [0.25, 0.3) is 0 Å². The summed E-state index contributed by atoms with van der Waals surface area (Å²) in [5.41, 5.74) is 11.8. The molecule has 0 aliphatic carbocycles. The van der Waals surface area contributed by atoms with Crippen LogP contribution in [0.1, 0.15) is 12.5 Å². The highest BCUT2D eigenvalue weighted by molar-refractivity contribution is 5.84. The van der Waals surface area contributed by atoms with Gasteiger partial charge in [0.15, 0.2) is 11.5 Å². The molecule has 0 saturated heterocycles. The average molecular weight is 409 g/mol. The summed E-state index contributed by atoms with van der Waals surface area (Å²) in [6.45, 7) is 2.12. The molecule has 0 aliphatic heterocycles. The van der Waals surface area contributed by atoms with E-state index in [4.69, 9.17) is 15.7 Å². The quantitative estimate of drug-likeness (QED) is 0.429. The SMILES string of the molecule is CCc1ccc(-n2c(-c3cccnc3N)nc3ccc(-c4cccc(F)c4)nc32)cc1. The van der Waals surface area contributed by atoms with E-state index in [0.29, 0.717) is 28.5 Å². The van der Waals surface area contributed by atoms with E-state index in [1.165, 1.54) is 17.7 Å². The smallest absolute Gasteiger partial charge is 0.165 e. The summed E-state index contributed by atoms with van der Waals surface area (Å²) in [6.07, 6.45) is 2.61. The van der Waals surface area contributed by atoms with E-state index in [2.05, 4.69) is 24.0 Å². The highest BCUT2D eigenvalue weighted by atomic mass is 19.1. The lowest BCUT2D eigenvalue weighted by Crippen LogP contribution is -2.02. The van der Waals surface area contributed by atoms with Crippen molar-refractivity contribution in [2.45, 2.75) is 13.3 Å². The van der Waals surface area contributed by atoms with E-state index in [9.17, 15) is 4.39 Å². The molecule has 5 aromatic rings. The molecule has 0 atom stereocenters. The van der Waals surface area contributed by atoms with Gasteiger partial charge in [-0.05, 0) is 60.5 Å². The number of hydrogen-bond acceptors (Lipinski definition) is 4. The maximum absolute atomic E-state index is 13.8. The maximum Gasteiger partial charge on any atom is 0.165 e. The van der Waals surface area contributed by atoms with Crippen LogP contribution in [-0.2, 0) is 6.42 Å². The highest BCUT2D eigenvalue weighted by Gasteiger charge is 2.18. The normalized spacial score (nSPS) is 11.2. The van der Waals surface area contributed by atoms with E-state index in [0.717, 1.165) is 23.2 Å². The van der Waals surface area contributed by atoms with Crippen LogP contribution in [0.15, 0.2) is 79.0 Å². The van der Waals surface area contributed by atoms with Gasteiger partial charge in [0.2, 0.25) is 0 Å². The number of nitrogens with zero attached hydrogens (tertiary/aromatic N) is 4. The topological polar surface area (TPSA) is 69.6 Å². The molecule has 5 rings (SSSR count). The summed E-state index contributed by atoms with van der Waals surface area (Å²) in [7, 11) is 0. The summed E-state index contributed by atoms with van der Waals surface area (Å²) >= 11 is 0. The second-order valence-corrected chi connectivity index (χ2v) is 7.28. The number of aromatic nitrogens is 4. The predicted molar refractivity (Wildman–Crippen MR) is 121 cm³/mol. The van der Waals surface area contributed by atoms with E-state index in [-0.39, 0.29) is 5.82 Å². The van der Waals surface area contributed by atoms with Gasteiger partial charge >= 0.3 is 0 Å². The molecule has 0 radical (unpaired) electrons. The standard InChI is InChI=1S/C25H20FN5/c1-2-16-8-10-19(11-9-16)31-24(20-7-4-14-28-23(20)27)30-22-13-12-21(29-25(22)31)17-5-3-6-18(26)15-17/h3-15H,2H2,1H3,(H2,27,28). The number of nitrogens with two attached hydrogens (primary N) is 1. The summed E-state index contributed by atoms with van der Waals surface area (Å²) in [6, 6.07) is 22.2. The average Bonchev–Trinajstić information content (AvgIpc) is 3.18. The Bertz CT molecular complexity index is 1390. The summed E-state index contributed by atoms with van der Waals surface area (Å²) in [5, 5.41) is 0. The molecular weight excluding hydrogens is 389 g/mol. The van der Waals surface area contributed by atoms with Gasteiger partial charge in [-0.15, -0.1) is 0 Å². The number of halogens is 1. The third kappa shape index (κ3) is 3.42. The molecule has 0 amide bonds. The number of rotatable bonds is 4. The lowest BCUT2D eigenvalue weighted by molar-refractivity contribution is 0.628. The molecular formula is C25H20FN5. The third-order valence-electron chi connectivity index (χ3n) is 5.31. The molecule has 0 aliphatic rings. The van der Waals surface area contributed by atoms with Crippen molar-refractivity contribution in [3.05, 3.63) is 90.4 Å². The minimum atomic E-state index is -0.299. The molecule has 2 aromatic carbocycles. The Morgan fingerprint density at radius 3 is 2.52 bits per heavy atom. The van der Waals surface area contributed by atoms with Crippen molar-refractivity contribution in [1.29, 1.82) is 0 Å². The minimum Gasteiger partial charge on any atom is -0.383 e. The first-order valence-electron chi connectivity index (χ1n) is 10.1. The number of imidazole rings is 1. The van der Waals surface area contributed by atoms with E-state index >= 15 is 0 Å². The number of pyridine rings is 2. The molecule has 0 unspecified atom stereocenters. The zero-order valence-electron chi connectivity index (χ0n) is 17.0. The van der Waals surface area contributed by atoms with Crippen LogP contribution >= 0.6 is 0 Å². The highest BCUT2D eigenvalue weighted by Crippen LogP contribution is 2.31. The first kappa shape index (κ1) is 18.9. The van der Waals surface area contributed by atoms with E-state index < -0.39 is 0 Å². The number of anilines is 1. The van der Waals surface area contributed by atoms with Crippen LogP contribution in [0.4, 0.5) is 10.2 Å². The van der Waals surface area contributed by atoms with Crippen molar-refractivity contribution in [3.63, 3.8) is 0 Å². The Labute approximate surface area is 179 Å². The molecule has 2 N–H and O–H groups in total.